The molecule has 1 aromatic carbocycles. The van der Waals surface area contributed by atoms with Crippen LogP contribution in [0.5, 0.6) is 0 Å². The van der Waals surface area contributed by atoms with Crippen LogP contribution in [0.25, 0.3) is 0 Å². The van der Waals surface area contributed by atoms with E-state index in [1.807, 2.05) is 30.1 Å². The van der Waals surface area contributed by atoms with Crippen LogP contribution in [-0.4, -0.2) is 74.5 Å². The average molecular weight is 445 g/mol. The van der Waals surface area contributed by atoms with Crippen LogP contribution in [0.2, 0.25) is 0 Å². The minimum atomic E-state index is 0.373. The van der Waals surface area contributed by atoms with Gasteiger partial charge in [-0.2, -0.15) is 0 Å². The van der Waals surface area contributed by atoms with Gasteiger partial charge in [-0.15, -0.1) is 23.1 Å². The lowest BCUT2D eigenvalue weighted by Gasteiger charge is -2.35. The molecule has 0 amide bonds. The van der Waals surface area contributed by atoms with Gasteiger partial charge in [-0.3, -0.25) is 9.89 Å². The standard InChI is InChI=1S/C23H32N4OS2/c1-24-23(27-10-9-19(17-27)18-30-20-6-3-2-4-7-20)25-16-21(22-8-5-15-29-22)26-11-13-28-14-12-26/h2-8,15,19,21H,9-14,16-18H2,1H3,(H,24,25). The Morgan fingerprint density at radius 3 is 2.77 bits per heavy atom. The summed E-state index contributed by atoms with van der Waals surface area (Å²) >= 11 is 3.81. The van der Waals surface area contributed by atoms with Crippen molar-refractivity contribution >= 4 is 29.1 Å². The van der Waals surface area contributed by atoms with Gasteiger partial charge in [0.2, 0.25) is 0 Å². The Labute approximate surface area is 188 Å². The number of likely N-dealkylation sites (tertiary alicyclic amines) is 1. The first-order valence-corrected chi connectivity index (χ1v) is 12.7. The van der Waals surface area contributed by atoms with Crippen molar-refractivity contribution in [2.75, 3.05) is 58.7 Å². The summed E-state index contributed by atoms with van der Waals surface area (Å²) in [7, 11) is 1.91. The molecular weight excluding hydrogens is 412 g/mol. The van der Waals surface area contributed by atoms with Crippen LogP contribution in [0.15, 0.2) is 57.7 Å². The maximum Gasteiger partial charge on any atom is 0.193 e. The van der Waals surface area contributed by atoms with Crippen molar-refractivity contribution in [2.45, 2.75) is 17.4 Å². The largest absolute Gasteiger partial charge is 0.379 e. The highest BCUT2D eigenvalue weighted by Crippen LogP contribution is 2.27. The average Bonchev–Trinajstić information content (AvgIpc) is 3.49. The van der Waals surface area contributed by atoms with E-state index in [-0.39, 0.29) is 0 Å². The van der Waals surface area contributed by atoms with Crippen molar-refractivity contribution in [1.82, 2.24) is 15.1 Å². The summed E-state index contributed by atoms with van der Waals surface area (Å²) in [4.78, 5) is 12.4. The first kappa shape index (κ1) is 21.7. The van der Waals surface area contributed by atoms with Gasteiger partial charge in [-0.05, 0) is 35.9 Å². The maximum atomic E-state index is 5.57. The molecule has 2 fully saturated rings. The molecule has 2 aliphatic rings. The summed E-state index contributed by atoms with van der Waals surface area (Å²) in [6.45, 7) is 6.68. The predicted molar refractivity (Wildman–Crippen MR) is 128 cm³/mol. The number of benzene rings is 1. The fourth-order valence-electron chi connectivity index (χ4n) is 4.19. The zero-order valence-corrected chi connectivity index (χ0v) is 19.3. The van der Waals surface area contributed by atoms with E-state index in [4.69, 9.17) is 4.74 Å². The molecule has 1 aromatic heterocycles. The number of ether oxygens (including phenoxy) is 1. The quantitative estimate of drug-likeness (QED) is 0.399. The molecule has 0 radical (unpaired) electrons. The monoisotopic (exact) mass is 444 g/mol. The summed E-state index contributed by atoms with van der Waals surface area (Å²) in [6.07, 6.45) is 1.23. The lowest BCUT2D eigenvalue weighted by atomic mass is 10.2. The highest BCUT2D eigenvalue weighted by atomic mass is 32.2. The number of aliphatic imine (C=N–C) groups is 1. The highest BCUT2D eigenvalue weighted by Gasteiger charge is 2.27. The van der Waals surface area contributed by atoms with Crippen molar-refractivity contribution in [3.05, 3.63) is 52.7 Å². The van der Waals surface area contributed by atoms with Gasteiger partial charge in [0.15, 0.2) is 5.96 Å². The number of hydrogen-bond acceptors (Lipinski definition) is 5. The first-order valence-electron chi connectivity index (χ1n) is 10.8. The van der Waals surface area contributed by atoms with Crippen LogP contribution in [-0.2, 0) is 4.74 Å². The number of guanidine groups is 1. The van der Waals surface area contributed by atoms with Gasteiger partial charge in [0.05, 0.1) is 19.3 Å². The summed E-state index contributed by atoms with van der Waals surface area (Å²) < 4.78 is 5.57. The number of morpholine rings is 1. The molecule has 5 nitrogen and oxygen atoms in total. The van der Waals surface area contributed by atoms with Crippen LogP contribution in [0.4, 0.5) is 0 Å². The molecule has 2 saturated heterocycles. The van der Waals surface area contributed by atoms with E-state index in [0.29, 0.717) is 12.0 Å². The van der Waals surface area contributed by atoms with E-state index < -0.39 is 0 Å². The lowest BCUT2D eigenvalue weighted by molar-refractivity contribution is 0.0176. The van der Waals surface area contributed by atoms with Gasteiger partial charge in [-0.25, -0.2) is 0 Å². The Morgan fingerprint density at radius 1 is 1.20 bits per heavy atom. The van der Waals surface area contributed by atoms with Crippen LogP contribution < -0.4 is 5.32 Å². The third-order valence-electron chi connectivity index (χ3n) is 5.84. The summed E-state index contributed by atoms with van der Waals surface area (Å²) in [6, 6.07) is 15.5. The molecule has 30 heavy (non-hydrogen) atoms. The molecule has 1 N–H and O–H groups in total. The molecule has 2 aliphatic heterocycles. The third kappa shape index (κ3) is 5.78. The Hall–Kier alpha value is -1.54. The van der Waals surface area contributed by atoms with E-state index in [9.17, 15) is 0 Å². The SMILES string of the molecule is CN=C(NCC(c1cccs1)N1CCOCC1)N1CCC(CSc2ccccc2)C1. The van der Waals surface area contributed by atoms with Crippen LogP contribution >= 0.6 is 23.1 Å². The van der Waals surface area contributed by atoms with Gasteiger partial charge >= 0.3 is 0 Å². The molecule has 2 aromatic rings. The second kappa shape index (κ2) is 11.2. The third-order valence-corrected chi connectivity index (χ3v) is 8.05. The van der Waals surface area contributed by atoms with E-state index in [1.165, 1.54) is 21.9 Å². The summed E-state index contributed by atoms with van der Waals surface area (Å²) in [5.74, 6) is 2.92. The minimum absolute atomic E-state index is 0.373. The van der Waals surface area contributed by atoms with Crippen LogP contribution in [0, 0.1) is 5.92 Å². The molecular formula is C23H32N4OS2. The second-order valence-corrected chi connectivity index (χ2v) is 9.91. The van der Waals surface area contributed by atoms with Crippen LogP contribution in [0.1, 0.15) is 17.3 Å². The molecule has 3 heterocycles. The number of hydrogen-bond donors (Lipinski definition) is 1. The number of thiophene rings is 1. The highest BCUT2D eigenvalue weighted by molar-refractivity contribution is 7.99. The molecule has 0 bridgehead atoms. The number of rotatable bonds is 7. The van der Waals surface area contributed by atoms with E-state index in [2.05, 4.69) is 68.0 Å². The van der Waals surface area contributed by atoms with Gasteiger partial charge in [0.25, 0.3) is 0 Å². The molecule has 162 valence electrons. The van der Waals surface area contributed by atoms with Gasteiger partial charge in [0.1, 0.15) is 0 Å². The van der Waals surface area contributed by atoms with E-state index >= 15 is 0 Å². The zero-order valence-electron chi connectivity index (χ0n) is 17.7. The summed E-state index contributed by atoms with van der Waals surface area (Å²) in [5, 5.41) is 5.86. The Balaban J connectivity index is 1.30. The number of nitrogens with one attached hydrogen (secondary N) is 1. The molecule has 7 heteroatoms. The van der Waals surface area contributed by atoms with E-state index in [1.54, 1.807) is 0 Å². The van der Waals surface area contributed by atoms with E-state index in [0.717, 1.165) is 51.9 Å². The molecule has 0 aliphatic carbocycles. The van der Waals surface area contributed by atoms with Crippen LogP contribution in [0.3, 0.4) is 0 Å². The number of nitrogens with zero attached hydrogens (tertiary/aromatic N) is 3. The normalized spacial score (nSPS) is 21.7. The lowest BCUT2D eigenvalue weighted by Crippen LogP contribution is -2.47. The Kier molecular flexibility index (Phi) is 8.08. The van der Waals surface area contributed by atoms with Gasteiger partial charge in [-0.1, -0.05) is 24.3 Å². The van der Waals surface area contributed by atoms with Crippen molar-refractivity contribution in [3.8, 4) is 0 Å². The first-order chi connectivity index (χ1) is 14.8. The fraction of sp³-hybridized carbons (Fsp3) is 0.522. The molecule has 2 unspecified atom stereocenters. The van der Waals surface area contributed by atoms with Crippen molar-refractivity contribution < 1.29 is 4.74 Å². The minimum Gasteiger partial charge on any atom is -0.379 e. The maximum absolute atomic E-state index is 5.57. The van der Waals surface area contributed by atoms with Crippen molar-refractivity contribution in [1.29, 1.82) is 0 Å². The van der Waals surface area contributed by atoms with Gasteiger partial charge in [0, 0.05) is 55.3 Å². The molecule has 0 spiro atoms. The summed E-state index contributed by atoms with van der Waals surface area (Å²) in [5.41, 5.74) is 0. The topological polar surface area (TPSA) is 40.1 Å². The predicted octanol–water partition coefficient (Wildman–Crippen LogP) is 3.81. The molecule has 4 rings (SSSR count). The van der Waals surface area contributed by atoms with Crippen molar-refractivity contribution in [2.24, 2.45) is 10.9 Å². The molecule has 0 saturated carbocycles. The zero-order chi connectivity index (χ0) is 20.6. The van der Waals surface area contributed by atoms with Crippen molar-refractivity contribution in [3.63, 3.8) is 0 Å². The fourth-order valence-corrected chi connectivity index (χ4v) is 6.10. The Morgan fingerprint density at radius 2 is 2.03 bits per heavy atom. The smallest absolute Gasteiger partial charge is 0.193 e. The Bertz CT molecular complexity index is 778. The number of thioether (sulfide) groups is 1. The van der Waals surface area contributed by atoms with Gasteiger partial charge < -0.3 is 15.0 Å². The molecule has 2 atom stereocenters. The second-order valence-electron chi connectivity index (χ2n) is 7.83.